The van der Waals surface area contributed by atoms with E-state index < -0.39 is 0 Å². The molecule has 1 aliphatic rings. The third-order valence-corrected chi connectivity index (χ3v) is 2.41. The van der Waals surface area contributed by atoms with E-state index in [0.29, 0.717) is 0 Å². The van der Waals surface area contributed by atoms with E-state index in [1.165, 1.54) is 25.7 Å². The van der Waals surface area contributed by atoms with Crippen molar-refractivity contribution in [3.63, 3.8) is 0 Å². The number of hydrogen-bond acceptors (Lipinski definition) is 0. The molecule has 0 unspecified atom stereocenters. The zero-order chi connectivity index (χ0) is 7.33. The van der Waals surface area contributed by atoms with E-state index in [1.54, 1.807) is 0 Å². The van der Waals surface area contributed by atoms with Gasteiger partial charge in [0.15, 0.2) is 0 Å². The fraction of sp³-hybridized carbons (Fsp3) is 1.00. The first-order valence-electron chi connectivity index (χ1n) is 4.27. The van der Waals surface area contributed by atoms with Gasteiger partial charge in [0.05, 0.1) is 0 Å². The zero-order valence-electron chi connectivity index (χ0n) is 7.33. The van der Waals surface area contributed by atoms with Crippen LogP contribution in [-0.2, 0) is 0 Å². The van der Waals surface area contributed by atoms with Gasteiger partial charge in [0.1, 0.15) is 0 Å². The summed E-state index contributed by atoms with van der Waals surface area (Å²) >= 11 is 0. The maximum Gasteiger partial charge on any atom is -0.0328 e. The lowest BCUT2D eigenvalue weighted by molar-refractivity contribution is 0.155. The molecule has 0 aromatic rings. The lowest BCUT2D eigenvalue weighted by atomic mass is 9.69. The summed E-state index contributed by atoms with van der Waals surface area (Å²) in [6.07, 6.45) is 5.81. The van der Waals surface area contributed by atoms with Gasteiger partial charge in [0, 0.05) is 0 Å². The lowest BCUT2D eigenvalue weighted by Crippen LogP contribution is -2.23. The highest BCUT2D eigenvalue weighted by Gasteiger charge is 2.28. The van der Waals surface area contributed by atoms with Gasteiger partial charge in [-0.25, -0.2) is 0 Å². The molecule has 0 heterocycles. The molecule has 1 fully saturated rings. The summed E-state index contributed by atoms with van der Waals surface area (Å²) in [6.45, 7) is 8.68. The van der Waals surface area contributed by atoms with Gasteiger partial charge < -0.3 is 0 Å². The monoisotopic (exact) mass is 128 g/mol. The van der Waals surface area contributed by atoms with Gasteiger partial charge in [-0.2, -0.15) is 0 Å². The quantitative estimate of drug-likeness (QED) is 0.506. The highest BCUT2D eigenvalue weighted by molar-refractivity contribution is 4.81. The largest absolute Gasteiger partial charge is 0.0683 e. The maximum atomic E-state index is 2.39. The Hall–Kier alpha value is 0. The molecule has 0 atom stereocenters. The Kier molecular flexibility index (Phi) is 3.92. The Morgan fingerprint density at radius 3 is 1.67 bits per heavy atom. The molecule has 0 aliphatic heterocycles. The first-order chi connectivity index (χ1) is 4.27. The smallest absolute Gasteiger partial charge is 0.0328 e. The topological polar surface area (TPSA) is 0 Å². The van der Waals surface area contributed by atoms with Crippen LogP contribution in [0.25, 0.3) is 0 Å². The predicted octanol–water partition coefficient (Wildman–Crippen LogP) is 3.61. The lowest BCUT2D eigenvalue weighted by Gasteiger charge is -2.37. The zero-order valence-corrected chi connectivity index (χ0v) is 7.33. The van der Waals surface area contributed by atoms with Crippen LogP contribution in [0.3, 0.4) is 0 Å². The SMILES string of the molecule is CC.CCC1(C)CCC1. The average molecular weight is 128 g/mol. The van der Waals surface area contributed by atoms with Crippen LogP contribution in [0.4, 0.5) is 0 Å². The van der Waals surface area contributed by atoms with E-state index in [1.807, 2.05) is 13.8 Å². The molecule has 9 heavy (non-hydrogen) atoms. The predicted molar refractivity (Wildman–Crippen MR) is 43.6 cm³/mol. The van der Waals surface area contributed by atoms with Gasteiger partial charge in [-0.3, -0.25) is 0 Å². The molecule has 0 spiro atoms. The first-order valence-corrected chi connectivity index (χ1v) is 4.27. The molecule has 0 saturated heterocycles. The number of hydrogen-bond donors (Lipinski definition) is 0. The molecule has 56 valence electrons. The van der Waals surface area contributed by atoms with Crippen LogP contribution in [0.1, 0.15) is 53.4 Å². The van der Waals surface area contributed by atoms with Crippen molar-refractivity contribution in [1.82, 2.24) is 0 Å². The first kappa shape index (κ1) is 9.00. The molecule has 1 aliphatic carbocycles. The summed E-state index contributed by atoms with van der Waals surface area (Å²) in [5.74, 6) is 0. The van der Waals surface area contributed by atoms with Crippen molar-refractivity contribution in [3.05, 3.63) is 0 Å². The second kappa shape index (κ2) is 3.92. The summed E-state index contributed by atoms with van der Waals surface area (Å²) in [5.41, 5.74) is 0.764. The van der Waals surface area contributed by atoms with Crippen LogP contribution in [0.15, 0.2) is 0 Å². The highest BCUT2D eigenvalue weighted by atomic mass is 14.3. The fourth-order valence-corrected chi connectivity index (χ4v) is 1.13. The standard InChI is InChI=1S/C7H14.C2H6/c1-3-7(2)5-4-6-7;1-2/h3-6H2,1-2H3;1-2H3. The molecule has 0 N–H and O–H groups in total. The summed E-state index contributed by atoms with van der Waals surface area (Å²) in [5, 5.41) is 0. The van der Waals surface area contributed by atoms with Gasteiger partial charge in [-0.05, 0) is 18.3 Å². The van der Waals surface area contributed by atoms with Crippen LogP contribution in [0.2, 0.25) is 0 Å². The van der Waals surface area contributed by atoms with Crippen molar-refractivity contribution in [2.75, 3.05) is 0 Å². The van der Waals surface area contributed by atoms with Crippen molar-refractivity contribution in [2.24, 2.45) is 5.41 Å². The van der Waals surface area contributed by atoms with Crippen molar-refractivity contribution in [3.8, 4) is 0 Å². The molecule has 1 rings (SSSR count). The van der Waals surface area contributed by atoms with E-state index in [0.717, 1.165) is 5.41 Å². The minimum Gasteiger partial charge on any atom is -0.0683 e. The molecule has 0 bridgehead atoms. The Morgan fingerprint density at radius 1 is 1.22 bits per heavy atom. The normalized spacial score (nSPS) is 21.3. The minimum atomic E-state index is 0.764. The van der Waals surface area contributed by atoms with Crippen LogP contribution in [-0.4, -0.2) is 0 Å². The van der Waals surface area contributed by atoms with Crippen molar-refractivity contribution < 1.29 is 0 Å². The van der Waals surface area contributed by atoms with Gasteiger partial charge >= 0.3 is 0 Å². The van der Waals surface area contributed by atoms with Gasteiger partial charge in [-0.1, -0.05) is 40.5 Å². The third-order valence-electron chi connectivity index (χ3n) is 2.41. The molecule has 0 radical (unpaired) electrons. The van der Waals surface area contributed by atoms with Crippen LogP contribution < -0.4 is 0 Å². The Balaban J connectivity index is 0.000000291. The Morgan fingerprint density at radius 2 is 1.67 bits per heavy atom. The second-order valence-corrected chi connectivity index (χ2v) is 3.02. The highest BCUT2D eigenvalue weighted by Crippen LogP contribution is 2.42. The average Bonchev–Trinajstić information content (AvgIpc) is 1.88. The van der Waals surface area contributed by atoms with Crippen molar-refractivity contribution in [2.45, 2.75) is 53.4 Å². The van der Waals surface area contributed by atoms with Gasteiger partial charge in [-0.15, -0.1) is 0 Å². The number of rotatable bonds is 1. The van der Waals surface area contributed by atoms with Crippen molar-refractivity contribution in [1.29, 1.82) is 0 Å². The molecule has 0 aromatic heterocycles. The molecule has 0 heteroatoms. The molecular formula is C9H20. The van der Waals surface area contributed by atoms with Gasteiger partial charge in [0.2, 0.25) is 0 Å². The summed E-state index contributed by atoms with van der Waals surface area (Å²) in [7, 11) is 0. The molecular weight excluding hydrogens is 108 g/mol. The van der Waals surface area contributed by atoms with E-state index >= 15 is 0 Å². The Bertz CT molecular complexity index is 54.9. The van der Waals surface area contributed by atoms with Crippen LogP contribution in [0, 0.1) is 5.41 Å². The van der Waals surface area contributed by atoms with Crippen molar-refractivity contribution >= 4 is 0 Å². The van der Waals surface area contributed by atoms with E-state index in [4.69, 9.17) is 0 Å². The summed E-state index contributed by atoms with van der Waals surface area (Å²) < 4.78 is 0. The maximum absolute atomic E-state index is 2.39. The van der Waals surface area contributed by atoms with E-state index in [-0.39, 0.29) is 0 Å². The second-order valence-electron chi connectivity index (χ2n) is 3.02. The molecule has 0 nitrogen and oxygen atoms in total. The van der Waals surface area contributed by atoms with Gasteiger partial charge in [0.25, 0.3) is 0 Å². The summed E-state index contributed by atoms with van der Waals surface area (Å²) in [4.78, 5) is 0. The van der Waals surface area contributed by atoms with E-state index in [2.05, 4.69) is 13.8 Å². The molecule has 1 saturated carbocycles. The van der Waals surface area contributed by atoms with E-state index in [9.17, 15) is 0 Å². The fourth-order valence-electron chi connectivity index (χ4n) is 1.13. The van der Waals surface area contributed by atoms with Crippen LogP contribution in [0.5, 0.6) is 0 Å². The summed E-state index contributed by atoms with van der Waals surface area (Å²) in [6, 6.07) is 0. The minimum absolute atomic E-state index is 0.764. The van der Waals surface area contributed by atoms with Crippen LogP contribution >= 0.6 is 0 Å². The molecule has 0 amide bonds. The Labute approximate surface area is 59.7 Å². The third kappa shape index (κ3) is 2.38. The molecule has 0 aromatic carbocycles.